The zero-order valence-electron chi connectivity index (χ0n) is 12.9. The van der Waals surface area contributed by atoms with Crippen LogP contribution >= 0.6 is 0 Å². The molecule has 0 amide bonds. The van der Waals surface area contributed by atoms with Crippen LogP contribution in [0.15, 0.2) is 30.5 Å². The third-order valence-electron chi connectivity index (χ3n) is 4.03. The lowest BCUT2D eigenvalue weighted by molar-refractivity contribution is 0.472. The van der Waals surface area contributed by atoms with Crippen molar-refractivity contribution in [2.75, 3.05) is 0 Å². The van der Waals surface area contributed by atoms with Gasteiger partial charge in [-0.3, -0.25) is 4.98 Å². The first kappa shape index (κ1) is 14.1. The Labute approximate surface area is 126 Å². The number of aryl methyl sites for hydroxylation is 2. The normalized spacial score (nSPS) is 14.2. The van der Waals surface area contributed by atoms with E-state index in [0.29, 0.717) is 6.04 Å². The molecule has 2 aromatic rings. The van der Waals surface area contributed by atoms with Crippen molar-refractivity contribution in [1.29, 1.82) is 0 Å². The average Bonchev–Trinajstić information content (AvgIpc) is 3.30. The van der Waals surface area contributed by atoms with Gasteiger partial charge in [0.1, 0.15) is 11.5 Å². The van der Waals surface area contributed by atoms with Crippen LogP contribution in [-0.2, 0) is 6.54 Å². The number of pyridine rings is 1. The van der Waals surface area contributed by atoms with Gasteiger partial charge in [-0.15, -0.1) is 0 Å². The van der Waals surface area contributed by atoms with E-state index in [0.717, 1.165) is 29.3 Å². The fourth-order valence-corrected chi connectivity index (χ4v) is 2.35. The van der Waals surface area contributed by atoms with Crippen molar-refractivity contribution in [1.82, 2.24) is 10.3 Å². The van der Waals surface area contributed by atoms with Crippen LogP contribution in [0.25, 0.3) is 0 Å². The standard InChI is InChI=1S/C18H22N2O/c1-12-4-5-13(2)18(14(12)3)21-17-8-9-19-16(10-17)11-20-15-6-7-15/h4-5,8-10,15,20H,6-7,11H2,1-3H3. The van der Waals surface area contributed by atoms with Crippen molar-refractivity contribution in [2.24, 2.45) is 0 Å². The largest absolute Gasteiger partial charge is 0.457 e. The molecule has 0 unspecified atom stereocenters. The quantitative estimate of drug-likeness (QED) is 0.898. The predicted octanol–water partition coefficient (Wildman–Crippen LogP) is 4.05. The first-order valence-electron chi connectivity index (χ1n) is 7.56. The Morgan fingerprint density at radius 2 is 1.90 bits per heavy atom. The van der Waals surface area contributed by atoms with E-state index in [9.17, 15) is 0 Å². The summed E-state index contributed by atoms with van der Waals surface area (Å²) in [4.78, 5) is 4.40. The van der Waals surface area contributed by atoms with E-state index < -0.39 is 0 Å². The molecular weight excluding hydrogens is 260 g/mol. The minimum absolute atomic E-state index is 0.692. The fourth-order valence-electron chi connectivity index (χ4n) is 2.35. The van der Waals surface area contributed by atoms with Gasteiger partial charge in [-0.25, -0.2) is 0 Å². The van der Waals surface area contributed by atoms with E-state index >= 15 is 0 Å². The van der Waals surface area contributed by atoms with Gasteiger partial charge >= 0.3 is 0 Å². The molecule has 1 aromatic heterocycles. The minimum Gasteiger partial charge on any atom is -0.457 e. The van der Waals surface area contributed by atoms with Crippen molar-refractivity contribution in [3.63, 3.8) is 0 Å². The molecule has 21 heavy (non-hydrogen) atoms. The summed E-state index contributed by atoms with van der Waals surface area (Å²) in [7, 11) is 0. The Balaban J connectivity index is 1.78. The number of benzene rings is 1. The second kappa shape index (κ2) is 5.86. The summed E-state index contributed by atoms with van der Waals surface area (Å²) in [6, 6.07) is 8.87. The Kier molecular flexibility index (Phi) is 3.93. The molecule has 0 radical (unpaired) electrons. The summed E-state index contributed by atoms with van der Waals surface area (Å²) in [5.74, 6) is 1.82. The van der Waals surface area contributed by atoms with Gasteiger partial charge < -0.3 is 10.1 Å². The highest BCUT2D eigenvalue weighted by Gasteiger charge is 2.20. The molecule has 3 rings (SSSR count). The zero-order valence-corrected chi connectivity index (χ0v) is 12.9. The van der Waals surface area contributed by atoms with Gasteiger partial charge in [0, 0.05) is 24.8 Å². The van der Waals surface area contributed by atoms with E-state index in [1.807, 2.05) is 18.3 Å². The molecule has 0 atom stereocenters. The summed E-state index contributed by atoms with van der Waals surface area (Å²) >= 11 is 0. The fraction of sp³-hybridized carbons (Fsp3) is 0.389. The highest BCUT2D eigenvalue weighted by atomic mass is 16.5. The molecule has 0 saturated heterocycles. The summed E-state index contributed by atoms with van der Waals surface area (Å²) < 4.78 is 6.12. The second-order valence-corrected chi connectivity index (χ2v) is 5.89. The van der Waals surface area contributed by atoms with E-state index in [-0.39, 0.29) is 0 Å². The van der Waals surface area contributed by atoms with Crippen LogP contribution in [0, 0.1) is 20.8 Å². The topological polar surface area (TPSA) is 34.1 Å². The SMILES string of the molecule is Cc1ccc(C)c(Oc2ccnc(CNC3CC3)c2)c1C. The van der Waals surface area contributed by atoms with Crippen LogP contribution in [0.5, 0.6) is 11.5 Å². The smallest absolute Gasteiger partial charge is 0.133 e. The van der Waals surface area contributed by atoms with Crippen LogP contribution in [0.2, 0.25) is 0 Å². The van der Waals surface area contributed by atoms with Gasteiger partial charge in [0.15, 0.2) is 0 Å². The van der Waals surface area contributed by atoms with Crippen LogP contribution < -0.4 is 10.1 Å². The highest BCUT2D eigenvalue weighted by Crippen LogP contribution is 2.30. The number of nitrogens with zero attached hydrogens (tertiary/aromatic N) is 1. The van der Waals surface area contributed by atoms with Gasteiger partial charge in [0.2, 0.25) is 0 Å². The minimum atomic E-state index is 0.692. The van der Waals surface area contributed by atoms with Gasteiger partial charge in [-0.1, -0.05) is 12.1 Å². The van der Waals surface area contributed by atoms with Gasteiger partial charge in [0.05, 0.1) is 5.69 Å². The summed E-state index contributed by atoms with van der Waals surface area (Å²) in [5, 5.41) is 3.48. The molecule has 1 aromatic carbocycles. The number of ether oxygens (including phenoxy) is 1. The van der Waals surface area contributed by atoms with Crippen molar-refractivity contribution in [3.8, 4) is 11.5 Å². The van der Waals surface area contributed by atoms with Crippen LogP contribution in [0.4, 0.5) is 0 Å². The van der Waals surface area contributed by atoms with Gasteiger partial charge in [-0.2, -0.15) is 0 Å². The maximum absolute atomic E-state index is 6.12. The van der Waals surface area contributed by atoms with Crippen molar-refractivity contribution >= 4 is 0 Å². The van der Waals surface area contributed by atoms with Crippen LogP contribution in [-0.4, -0.2) is 11.0 Å². The van der Waals surface area contributed by atoms with E-state index in [2.05, 4.69) is 43.2 Å². The molecule has 1 aliphatic rings. The Morgan fingerprint density at radius 3 is 2.67 bits per heavy atom. The summed E-state index contributed by atoms with van der Waals surface area (Å²) in [6.07, 6.45) is 4.40. The first-order chi connectivity index (χ1) is 10.1. The molecular formula is C18H22N2O. The summed E-state index contributed by atoms with van der Waals surface area (Å²) in [6.45, 7) is 7.11. The monoisotopic (exact) mass is 282 g/mol. The molecule has 1 heterocycles. The van der Waals surface area contributed by atoms with Crippen LogP contribution in [0.3, 0.4) is 0 Å². The van der Waals surface area contributed by atoms with Crippen molar-refractivity contribution in [3.05, 3.63) is 52.8 Å². The molecule has 0 bridgehead atoms. The molecule has 1 aliphatic carbocycles. The maximum Gasteiger partial charge on any atom is 0.133 e. The maximum atomic E-state index is 6.12. The molecule has 1 saturated carbocycles. The van der Waals surface area contributed by atoms with Crippen molar-refractivity contribution < 1.29 is 4.74 Å². The van der Waals surface area contributed by atoms with Gasteiger partial charge in [-0.05, 0) is 56.4 Å². The number of nitrogens with one attached hydrogen (secondary N) is 1. The average molecular weight is 282 g/mol. The number of hydrogen-bond acceptors (Lipinski definition) is 3. The van der Waals surface area contributed by atoms with Gasteiger partial charge in [0.25, 0.3) is 0 Å². The molecule has 3 nitrogen and oxygen atoms in total. The number of hydrogen-bond donors (Lipinski definition) is 1. The molecule has 0 aliphatic heterocycles. The Hall–Kier alpha value is -1.87. The van der Waals surface area contributed by atoms with Crippen LogP contribution in [0.1, 0.15) is 35.2 Å². The van der Waals surface area contributed by atoms with E-state index in [1.54, 1.807) is 0 Å². The molecule has 1 fully saturated rings. The second-order valence-electron chi connectivity index (χ2n) is 5.89. The highest BCUT2D eigenvalue weighted by molar-refractivity contribution is 5.46. The predicted molar refractivity (Wildman–Crippen MR) is 84.8 cm³/mol. The third kappa shape index (κ3) is 3.42. The lowest BCUT2D eigenvalue weighted by Crippen LogP contribution is -2.16. The summed E-state index contributed by atoms with van der Waals surface area (Å²) in [5.41, 5.74) is 4.64. The molecule has 1 N–H and O–H groups in total. The van der Waals surface area contributed by atoms with E-state index in [1.165, 1.54) is 24.0 Å². The lowest BCUT2D eigenvalue weighted by Gasteiger charge is -2.14. The number of rotatable bonds is 5. The Bertz CT molecular complexity index is 648. The molecule has 3 heteroatoms. The molecule has 0 spiro atoms. The lowest BCUT2D eigenvalue weighted by atomic mass is 10.1. The first-order valence-corrected chi connectivity index (χ1v) is 7.56. The number of aromatic nitrogens is 1. The van der Waals surface area contributed by atoms with E-state index in [4.69, 9.17) is 4.74 Å². The third-order valence-corrected chi connectivity index (χ3v) is 4.03. The van der Waals surface area contributed by atoms with Crippen molar-refractivity contribution in [2.45, 2.75) is 46.2 Å². The zero-order chi connectivity index (χ0) is 14.8. The Morgan fingerprint density at radius 1 is 1.14 bits per heavy atom. The molecule has 110 valence electrons.